The molecule has 2 N–H and O–H groups in total. The van der Waals surface area contributed by atoms with E-state index in [1.54, 1.807) is 0 Å². The van der Waals surface area contributed by atoms with Gasteiger partial charge in [0.2, 0.25) is 5.88 Å². The van der Waals surface area contributed by atoms with Crippen LogP contribution in [-0.2, 0) is 5.41 Å². The summed E-state index contributed by atoms with van der Waals surface area (Å²) in [6.45, 7) is 6.62. The van der Waals surface area contributed by atoms with E-state index in [1.165, 1.54) is 0 Å². The average molecular weight is 234 g/mol. The summed E-state index contributed by atoms with van der Waals surface area (Å²) in [6.07, 6.45) is 1.86. The number of nitrogens with zero attached hydrogens (tertiary/aromatic N) is 1. The van der Waals surface area contributed by atoms with Crippen molar-refractivity contribution in [3.63, 3.8) is 0 Å². The van der Waals surface area contributed by atoms with Gasteiger partial charge < -0.3 is 14.8 Å². The number of fused-ring (bicyclic) bond motifs is 1. The summed E-state index contributed by atoms with van der Waals surface area (Å²) < 4.78 is 5.51. The molecular formula is C13H18N2O2. The van der Waals surface area contributed by atoms with Gasteiger partial charge >= 0.3 is 0 Å². The van der Waals surface area contributed by atoms with Gasteiger partial charge in [0.15, 0.2) is 0 Å². The molecule has 2 rings (SSSR count). The lowest BCUT2D eigenvalue weighted by Crippen LogP contribution is -2.15. The summed E-state index contributed by atoms with van der Waals surface area (Å²) in [5.41, 5.74) is 1.83. The van der Waals surface area contributed by atoms with Crippen molar-refractivity contribution >= 4 is 11.0 Å². The van der Waals surface area contributed by atoms with E-state index in [4.69, 9.17) is 9.84 Å². The number of nitrogens with one attached hydrogen (secondary N) is 1. The van der Waals surface area contributed by atoms with E-state index in [-0.39, 0.29) is 18.6 Å². The Balaban J connectivity index is 2.51. The van der Waals surface area contributed by atoms with Gasteiger partial charge in [0, 0.05) is 17.1 Å². The van der Waals surface area contributed by atoms with Crippen LogP contribution in [0.5, 0.6) is 5.88 Å². The summed E-state index contributed by atoms with van der Waals surface area (Å²) in [5, 5.41) is 9.91. The maximum atomic E-state index is 8.83. The highest BCUT2D eigenvalue weighted by molar-refractivity contribution is 5.77. The van der Waals surface area contributed by atoms with Crippen LogP contribution in [0.2, 0.25) is 0 Å². The molecular weight excluding hydrogens is 216 g/mol. The van der Waals surface area contributed by atoms with Gasteiger partial charge in [-0.1, -0.05) is 20.8 Å². The van der Waals surface area contributed by atoms with E-state index in [9.17, 15) is 0 Å². The van der Waals surface area contributed by atoms with Crippen LogP contribution >= 0.6 is 0 Å². The lowest BCUT2D eigenvalue weighted by Gasteiger charge is -2.21. The van der Waals surface area contributed by atoms with Crippen molar-refractivity contribution in [3.8, 4) is 5.88 Å². The first-order valence-electron chi connectivity index (χ1n) is 5.74. The van der Waals surface area contributed by atoms with E-state index in [0.29, 0.717) is 5.88 Å². The molecule has 0 spiro atoms. The van der Waals surface area contributed by atoms with Gasteiger partial charge in [-0.2, -0.15) is 4.98 Å². The Morgan fingerprint density at radius 3 is 2.82 bits per heavy atom. The van der Waals surface area contributed by atoms with E-state index >= 15 is 0 Å². The minimum absolute atomic E-state index is 0.00593. The minimum Gasteiger partial charge on any atom is -0.475 e. The molecule has 0 aliphatic heterocycles. The minimum atomic E-state index is -0.0384. The first-order valence-corrected chi connectivity index (χ1v) is 5.74. The van der Waals surface area contributed by atoms with Gasteiger partial charge in [-0.15, -0.1) is 0 Å². The standard InChI is InChI=1S/C13H18N2O2/c1-13(2,3)10-8-9-4-5-14-11(9)15-12(10)17-7-6-16/h4-5,8,16H,6-7H2,1-3H3,(H,14,15). The summed E-state index contributed by atoms with van der Waals surface area (Å²) in [7, 11) is 0. The maximum Gasteiger partial charge on any atom is 0.219 e. The zero-order valence-electron chi connectivity index (χ0n) is 10.4. The molecule has 0 saturated heterocycles. The lowest BCUT2D eigenvalue weighted by molar-refractivity contribution is 0.194. The fourth-order valence-corrected chi connectivity index (χ4v) is 1.75. The fraction of sp³-hybridized carbons (Fsp3) is 0.462. The molecule has 0 aliphatic carbocycles. The zero-order valence-corrected chi connectivity index (χ0v) is 10.4. The van der Waals surface area contributed by atoms with Crippen LogP contribution in [0.15, 0.2) is 18.3 Å². The van der Waals surface area contributed by atoms with Gasteiger partial charge in [-0.25, -0.2) is 0 Å². The molecule has 4 nitrogen and oxygen atoms in total. The Bertz CT molecular complexity index is 512. The molecule has 0 amide bonds. The summed E-state index contributed by atoms with van der Waals surface area (Å²) >= 11 is 0. The Labute approximate surface area is 101 Å². The maximum absolute atomic E-state index is 8.83. The number of hydrogen-bond acceptors (Lipinski definition) is 3. The summed E-state index contributed by atoms with van der Waals surface area (Å²) in [6, 6.07) is 4.08. The molecule has 4 heteroatoms. The highest BCUT2D eigenvalue weighted by Gasteiger charge is 2.21. The van der Waals surface area contributed by atoms with E-state index in [0.717, 1.165) is 16.6 Å². The molecule has 0 unspecified atom stereocenters. The average Bonchev–Trinajstić information content (AvgIpc) is 2.70. The fourth-order valence-electron chi connectivity index (χ4n) is 1.75. The van der Waals surface area contributed by atoms with Gasteiger partial charge in [-0.05, 0) is 17.5 Å². The van der Waals surface area contributed by atoms with Crippen molar-refractivity contribution in [1.82, 2.24) is 9.97 Å². The van der Waals surface area contributed by atoms with Crippen LogP contribution in [0.4, 0.5) is 0 Å². The molecule has 0 bridgehead atoms. The molecule has 0 saturated carbocycles. The van der Waals surface area contributed by atoms with Gasteiger partial charge in [0.1, 0.15) is 12.3 Å². The predicted octanol–water partition coefficient (Wildman–Crippen LogP) is 2.23. The summed E-state index contributed by atoms with van der Waals surface area (Å²) in [5.74, 6) is 0.599. The third kappa shape index (κ3) is 2.42. The van der Waals surface area contributed by atoms with Crippen LogP contribution in [0, 0.1) is 0 Å². The van der Waals surface area contributed by atoms with Gasteiger partial charge in [0.05, 0.1) is 6.61 Å². The second-order valence-electron chi connectivity index (χ2n) is 5.08. The quantitative estimate of drug-likeness (QED) is 0.856. The number of aliphatic hydroxyl groups excluding tert-OH is 1. The number of aromatic amines is 1. The van der Waals surface area contributed by atoms with Crippen LogP contribution in [0.25, 0.3) is 11.0 Å². The van der Waals surface area contributed by atoms with Crippen LogP contribution in [0.3, 0.4) is 0 Å². The lowest BCUT2D eigenvalue weighted by atomic mass is 9.87. The zero-order chi connectivity index (χ0) is 12.5. The van der Waals surface area contributed by atoms with Crippen molar-refractivity contribution < 1.29 is 9.84 Å². The van der Waals surface area contributed by atoms with Crippen LogP contribution in [-0.4, -0.2) is 28.3 Å². The molecule has 2 aromatic rings. The second kappa shape index (κ2) is 4.37. The molecule has 2 aromatic heterocycles. The number of rotatable bonds is 3. The SMILES string of the molecule is CC(C)(C)c1cc2cc[nH]c2nc1OCCO. The number of aromatic nitrogens is 2. The van der Waals surface area contributed by atoms with Crippen molar-refractivity contribution in [2.24, 2.45) is 0 Å². The molecule has 0 aromatic carbocycles. The normalized spacial score (nSPS) is 12.0. The van der Waals surface area contributed by atoms with Crippen molar-refractivity contribution in [3.05, 3.63) is 23.9 Å². The molecule has 0 aliphatic rings. The Hall–Kier alpha value is -1.55. The Kier molecular flexibility index (Phi) is 3.07. The van der Waals surface area contributed by atoms with Crippen LogP contribution < -0.4 is 4.74 Å². The highest BCUT2D eigenvalue weighted by Crippen LogP contribution is 2.32. The van der Waals surface area contributed by atoms with Crippen molar-refractivity contribution in [2.45, 2.75) is 26.2 Å². The monoisotopic (exact) mass is 234 g/mol. The molecule has 92 valence electrons. The van der Waals surface area contributed by atoms with Gasteiger partial charge in [-0.3, -0.25) is 0 Å². The first kappa shape index (κ1) is 11.9. The number of pyridine rings is 1. The molecule has 0 radical (unpaired) electrons. The summed E-state index contributed by atoms with van der Waals surface area (Å²) in [4.78, 5) is 7.51. The number of ether oxygens (including phenoxy) is 1. The number of hydrogen-bond donors (Lipinski definition) is 2. The van der Waals surface area contributed by atoms with Crippen LogP contribution in [0.1, 0.15) is 26.3 Å². The molecule has 17 heavy (non-hydrogen) atoms. The molecule has 0 atom stereocenters. The van der Waals surface area contributed by atoms with Gasteiger partial charge in [0.25, 0.3) is 0 Å². The van der Waals surface area contributed by atoms with E-state index in [1.807, 2.05) is 12.3 Å². The van der Waals surface area contributed by atoms with Crippen molar-refractivity contribution in [1.29, 1.82) is 0 Å². The predicted molar refractivity (Wildman–Crippen MR) is 67.4 cm³/mol. The van der Waals surface area contributed by atoms with Crippen molar-refractivity contribution in [2.75, 3.05) is 13.2 Å². The topological polar surface area (TPSA) is 58.1 Å². The Morgan fingerprint density at radius 1 is 1.41 bits per heavy atom. The Morgan fingerprint density at radius 2 is 2.18 bits per heavy atom. The smallest absolute Gasteiger partial charge is 0.219 e. The second-order valence-corrected chi connectivity index (χ2v) is 5.08. The van der Waals surface area contributed by atoms with E-state index in [2.05, 4.69) is 36.8 Å². The van der Waals surface area contributed by atoms with E-state index < -0.39 is 0 Å². The molecule has 2 heterocycles. The third-order valence-corrected chi connectivity index (χ3v) is 2.64. The number of aliphatic hydroxyl groups is 1. The number of H-pyrrole nitrogens is 1. The largest absolute Gasteiger partial charge is 0.475 e. The first-order chi connectivity index (χ1) is 8.02. The highest BCUT2D eigenvalue weighted by atomic mass is 16.5. The third-order valence-electron chi connectivity index (χ3n) is 2.64. The molecule has 0 fully saturated rings.